The molecule has 1 fully saturated rings. The van der Waals surface area contributed by atoms with Gasteiger partial charge in [-0.2, -0.15) is 8.62 Å². The number of phosphoric ester groups is 1. The number of rotatable bonds is 8. The molecular weight excluding hydrogens is 513 g/mol. The lowest BCUT2D eigenvalue weighted by molar-refractivity contribution is -0.0600. The van der Waals surface area contributed by atoms with Crippen molar-refractivity contribution in [3.8, 4) is 0 Å². The van der Waals surface area contributed by atoms with E-state index in [-0.39, 0.29) is 5.65 Å². The molecule has 2 aromatic rings. The molecule has 3 unspecified atom stereocenters. The number of fused-ring (bicyclic) bond motifs is 1. The third kappa shape index (κ3) is 5.93. The van der Waals surface area contributed by atoms with Crippen LogP contribution in [0.1, 0.15) is 6.23 Å². The number of aromatic nitrogens is 4. The van der Waals surface area contributed by atoms with Gasteiger partial charge in [0.2, 0.25) is 0 Å². The van der Waals surface area contributed by atoms with Crippen molar-refractivity contribution in [2.24, 2.45) is 0 Å². The van der Waals surface area contributed by atoms with Gasteiger partial charge in [0, 0.05) is 0 Å². The summed E-state index contributed by atoms with van der Waals surface area (Å²) in [6.07, 6.45) is -2.68. The first-order valence-electron chi connectivity index (χ1n) is 7.79. The van der Waals surface area contributed by atoms with E-state index < -0.39 is 53.6 Å². The molecule has 0 spiro atoms. The van der Waals surface area contributed by atoms with Crippen LogP contribution in [-0.4, -0.2) is 73.2 Å². The predicted molar refractivity (Wildman–Crippen MR) is 95.8 cm³/mol. The summed E-state index contributed by atoms with van der Waals surface area (Å²) in [5, 5.41) is 20.5. The zero-order valence-corrected chi connectivity index (χ0v) is 18.1. The van der Waals surface area contributed by atoms with E-state index >= 15 is 0 Å². The van der Waals surface area contributed by atoms with Gasteiger partial charge in [0.15, 0.2) is 17.4 Å². The molecule has 2 aromatic heterocycles. The number of alkyl halides is 1. The summed E-state index contributed by atoms with van der Waals surface area (Å²) in [4.78, 5) is 47.4. The van der Waals surface area contributed by atoms with Gasteiger partial charge < -0.3 is 34.5 Å². The molecule has 3 rings (SSSR count). The van der Waals surface area contributed by atoms with E-state index in [2.05, 4.69) is 28.1 Å². The predicted octanol–water partition coefficient (Wildman–Crippen LogP) is -0.646. The van der Waals surface area contributed by atoms with Gasteiger partial charge in [-0.25, -0.2) is 28.6 Å². The smallest absolute Gasteiger partial charge is 0.387 e. The molecule has 174 valence electrons. The van der Waals surface area contributed by atoms with Crippen molar-refractivity contribution < 1.29 is 61.4 Å². The molecule has 0 radical (unpaired) electrons. The van der Waals surface area contributed by atoms with E-state index in [1.807, 2.05) is 0 Å². The van der Waals surface area contributed by atoms with Crippen LogP contribution in [0.3, 0.4) is 0 Å². The van der Waals surface area contributed by atoms with Crippen molar-refractivity contribution in [2.75, 3.05) is 0 Å². The lowest BCUT2D eigenvalue weighted by Gasteiger charge is -2.23. The Bertz CT molecular complexity index is 1090. The minimum Gasteiger partial charge on any atom is -0.387 e. The first-order chi connectivity index (χ1) is 14.2. The lowest BCUT2D eigenvalue weighted by Crippen LogP contribution is -2.37. The highest BCUT2D eigenvalue weighted by Gasteiger charge is 2.50. The largest absolute Gasteiger partial charge is 0.490 e. The Labute approximate surface area is 176 Å². The third-order valence-electron chi connectivity index (χ3n) is 3.70. The number of aliphatic hydroxyl groups is 2. The number of hydrogen-bond acceptors (Lipinski definition) is 12. The van der Waals surface area contributed by atoms with E-state index in [9.17, 15) is 28.8 Å². The number of hydrogen-bond donors (Lipinski definition) is 6. The Hall–Kier alpha value is -0.870. The average molecular weight is 527 g/mol. The third-order valence-corrected chi connectivity index (χ3v) is 7.98. The van der Waals surface area contributed by atoms with Crippen LogP contribution < -0.4 is 0 Å². The molecule has 6 N–H and O–H groups in total. The SMILES string of the molecule is O=P(O)(O)OP(=O)(O)OP(=O)(O)OC(Cl)[C@H]1O[C@@H](n2cnc3cncnc32)[C@H](O)[C@@H]1O. The molecule has 21 heteroatoms. The second-order valence-electron chi connectivity index (χ2n) is 5.90. The van der Waals surface area contributed by atoms with Crippen LogP contribution in [0.4, 0.5) is 0 Å². The minimum atomic E-state index is -5.77. The molecule has 1 aliphatic heterocycles. The molecule has 1 aliphatic rings. The molecular formula is C10H14ClN4O13P3. The quantitative estimate of drug-likeness (QED) is 0.184. The van der Waals surface area contributed by atoms with E-state index in [4.69, 9.17) is 31.0 Å². The van der Waals surface area contributed by atoms with Gasteiger partial charge in [-0.15, -0.1) is 0 Å². The van der Waals surface area contributed by atoms with Gasteiger partial charge in [-0.3, -0.25) is 9.09 Å². The summed E-state index contributed by atoms with van der Waals surface area (Å²) in [6, 6.07) is 0. The highest BCUT2D eigenvalue weighted by Crippen LogP contribution is 2.66. The molecule has 0 bridgehead atoms. The van der Waals surface area contributed by atoms with Gasteiger partial charge in [0.1, 0.15) is 30.2 Å². The zero-order valence-electron chi connectivity index (χ0n) is 14.7. The van der Waals surface area contributed by atoms with Crippen LogP contribution >= 0.6 is 35.1 Å². The molecule has 7 atom stereocenters. The summed E-state index contributed by atoms with van der Waals surface area (Å²) in [5.41, 5.74) is -1.53. The Balaban J connectivity index is 1.73. The van der Waals surface area contributed by atoms with E-state index in [1.165, 1.54) is 23.4 Å². The first kappa shape index (κ1) is 24.8. The highest BCUT2D eigenvalue weighted by molar-refractivity contribution is 7.66. The van der Waals surface area contributed by atoms with Crippen molar-refractivity contribution in [2.45, 2.75) is 30.1 Å². The molecule has 0 saturated carbocycles. The second-order valence-corrected chi connectivity index (χ2v) is 10.7. The van der Waals surface area contributed by atoms with Gasteiger partial charge in [-0.1, -0.05) is 11.6 Å². The van der Waals surface area contributed by atoms with Gasteiger partial charge in [0.05, 0.1) is 12.5 Å². The summed E-state index contributed by atoms with van der Waals surface area (Å²) in [7, 11) is -16.9. The molecule has 31 heavy (non-hydrogen) atoms. The summed E-state index contributed by atoms with van der Waals surface area (Å²) < 4.78 is 52.0. The molecule has 1 saturated heterocycles. The standard InChI is InChI=1S/C10H14ClN4O13P3/c11-8(26-30(21,22)28-31(23,24)27-29(18,19)20)7-5(16)6(17)10(25-7)15-3-14-4-1-12-2-13-9(4)15/h1-3,5-8,10,16-17H,(H,21,22)(H,23,24)(H2,18,19,20)/t5-,6+,7-,8?,10+/m0/s1. The Morgan fingerprint density at radius 2 is 1.74 bits per heavy atom. The molecule has 0 amide bonds. The van der Waals surface area contributed by atoms with Crippen LogP contribution in [0.15, 0.2) is 18.9 Å². The van der Waals surface area contributed by atoms with Crippen molar-refractivity contribution in [1.29, 1.82) is 0 Å². The van der Waals surface area contributed by atoms with E-state index in [0.29, 0.717) is 5.52 Å². The second kappa shape index (κ2) is 8.82. The molecule has 3 heterocycles. The Kier molecular flexibility index (Phi) is 7.04. The maximum Gasteiger partial charge on any atom is 0.490 e. The lowest BCUT2D eigenvalue weighted by atomic mass is 10.1. The van der Waals surface area contributed by atoms with Crippen LogP contribution in [0, 0.1) is 0 Å². The maximum absolute atomic E-state index is 11.9. The normalized spacial score (nSPS) is 29.5. The van der Waals surface area contributed by atoms with Crippen molar-refractivity contribution >= 4 is 46.2 Å². The minimum absolute atomic E-state index is 0.214. The average Bonchev–Trinajstić information content (AvgIpc) is 3.13. The summed E-state index contributed by atoms with van der Waals surface area (Å²) >= 11 is 5.79. The molecule has 0 aliphatic carbocycles. The number of ether oxygens (including phenoxy) is 1. The number of imidazole rings is 1. The van der Waals surface area contributed by atoms with Gasteiger partial charge >= 0.3 is 23.5 Å². The van der Waals surface area contributed by atoms with Crippen molar-refractivity contribution in [3.05, 3.63) is 18.9 Å². The van der Waals surface area contributed by atoms with Crippen LogP contribution in [-0.2, 0) is 31.6 Å². The zero-order chi connectivity index (χ0) is 23.2. The fourth-order valence-electron chi connectivity index (χ4n) is 2.59. The van der Waals surface area contributed by atoms with Crippen molar-refractivity contribution in [1.82, 2.24) is 19.5 Å². The summed E-state index contributed by atoms with van der Waals surface area (Å²) in [5.74, 6) is 0. The van der Waals surface area contributed by atoms with Gasteiger partial charge in [0.25, 0.3) is 0 Å². The Morgan fingerprint density at radius 3 is 2.39 bits per heavy atom. The topological polar surface area (TPSA) is 253 Å². The van der Waals surface area contributed by atoms with Crippen molar-refractivity contribution in [3.63, 3.8) is 0 Å². The summed E-state index contributed by atoms with van der Waals surface area (Å²) in [6.45, 7) is 0. The van der Waals surface area contributed by atoms with E-state index in [1.54, 1.807) is 0 Å². The monoisotopic (exact) mass is 526 g/mol. The Morgan fingerprint density at radius 1 is 1.06 bits per heavy atom. The van der Waals surface area contributed by atoms with Gasteiger partial charge in [-0.05, 0) is 0 Å². The fraction of sp³-hybridized carbons (Fsp3) is 0.500. The molecule has 0 aromatic carbocycles. The highest BCUT2D eigenvalue weighted by atomic mass is 35.5. The number of phosphoric acid groups is 3. The first-order valence-corrected chi connectivity index (χ1v) is 12.8. The van der Waals surface area contributed by atoms with Crippen LogP contribution in [0.25, 0.3) is 11.2 Å². The molecule has 17 nitrogen and oxygen atoms in total. The van der Waals surface area contributed by atoms with Crippen LogP contribution in [0.5, 0.6) is 0 Å². The van der Waals surface area contributed by atoms with E-state index in [0.717, 1.165) is 0 Å². The fourth-order valence-corrected chi connectivity index (χ4v) is 6.13. The maximum atomic E-state index is 11.9. The number of aliphatic hydroxyl groups excluding tert-OH is 2. The number of halogens is 1. The number of nitrogens with zero attached hydrogens (tertiary/aromatic N) is 4. The van der Waals surface area contributed by atoms with Crippen LogP contribution in [0.2, 0.25) is 0 Å².